The van der Waals surface area contributed by atoms with Gasteiger partial charge < -0.3 is 5.11 Å². The predicted octanol–water partition coefficient (Wildman–Crippen LogP) is 1.75. The normalized spacial score (nSPS) is 15.0. The Morgan fingerprint density at radius 1 is 1.50 bits per heavy atom. The smallest absolute Gasteiger partial charge is 0.410 e. The highest BCUT2D eigenvalue weighted by molar-refractivity contribution is 7.17. The molecule has 0 aliphatic heterocycles. The highest BCUT2D eigenvalue weighted by Crippen LogP contribution is 2.29. The molecule has 1 aromatic heterocycles. The van der Waals surface area contributed by atoms with Gasteiger partial charge in [-0.2, -0.15) is 0 Å². The molecule has 0 saturated heterocycles. The second-order valence-corrected chi connectivity index (χ2v) is 4.00. The van der Waals surface area contributed by atoms with Crippen LogP contribution < -0.4 is 5.32 Å². The fraction of sp³-hybridized carbons (Fsp3) is 0.375. The lowest BCUT2D eigenvalue weighted by Crippen LogP contribution is -2.08. The number of hydrogen-bond acceptors (Lipinski definition) is 4. The van der Waals surface area contributed by atoms with E-state index in [1.54, 1.807) is 0 Å². The molecule has 0 spiro atoms. The van der Waals surface area contributed by atoms with E-state index in [1.807, 2.05) is 0 Å². The number of Topliss-reactive ketones (excluding diaryl/α,β-unsaturated/α-hetero) is 1. The van der Waals surface area contributed by atoms with Crippen LogP contribution in [0.4, 0.5) is 9.93 Å². The van der Waals surface area contributed by atoms with E-state index in [1.165, 1.54) is 0 Å². The summed E-state index contributed by atoms with van der Waals surface area (Å²) in [5, 5.41) is 10.9. The number of fused-ring (bicyclic) bond motifs is 1. The van der Waals surface area contributed by atoms with Crippen LogP contribution in [-0.2, 0) is 6.42 Å². The van der Waals surface area contributed by atoms with Crippen molar-refractivity contribution in [3.05, 3.63) is 10.6 Å². The van der Waals surface area contributed by atoms with Crippen LogP contribution in [0.3, 0.4) is 0 Å². The van der Waals surface area contributed by atoms with Crippen molar-refractivity contribution < 1.29 is 14.7 Å². The first kappa shape index (κ1) is 9.14. The molecular weight excluding hydrogens is 204 g/mol. The summed E-state index contributed by atoms with van der Waals surface area (Å²) >= 11 is 1.12. The number of aromatic nitrogens is 1. The van der Waals surface area contributed by atoms with Crippen LogP contribution in [0, 0.1) is 0 Å². The average Bonchev–Trinajstić information content (AvgIpc) is 2.47. The first-order valence-electron chi connectivity index (χ1n) is 4.19. The van der Waals surface area contributed by atoms with Gasteiger partial charge in [0.15, 0.2) is 10.9 Å². The molecule has 74 valence electrons. The maximum Gasteiger partial charge on any atom is 0.410 e. The predicted molar refractivity (Wildman–Crippen MR) is 51.0 cm³/mol. The zero-order valence-electron chi connectivity index (χ0n) is 7.24. The third-order valence-corrected chi connectivity index (χ3v) is 3.04. The van der Waals surface area contributed by atoms with E-state index in [9.17, 15) is 9.59 Å². The molecule has 1 aliphatic rings. The van der Waals surface area contributed by atoms with Gasteiger partial charge in [0.2, 0.25) is 0 Å². The van der Waals surface area contributed by atoms with Gasteiger partial charge in [-0.15, -0.1) is 0 Å². The van der Waals surface area contributed by atoms with Gasteiger partial charge in [-0.3, -0.25) is 10.1 Å². The maximum absolute atomic E-state index is 11.4. The molecular formula is C8H8N2O3S. The molecule has 0 unspecified atom stereocenters. The minimum atomic E-state index is -1.15. The molecule has 2 rings (SSSR count). The summed E-state index contributed by atoms with van der Waals surface area (Å²) in [6, 6.07) is 0. The molecule has 0 radical (unpaired) electrons. The van der Waals surface area contributed by atoms with E-state index in [-0.39, 0.29) is 10.9 Å². The lowest BCUT2D eigenvalue weighted by atomic mass is 10.0. The lowest BCUT2D eigenvalue weighted by molar-refractivity contribution is 0.0976. The molecule has 6 heteroatoms. The summed E-state index contributed by atoms with van der Waals surface area (Å²) in [7, 11) is 0. The van der Waals surface area contributed by atoms with Gasteiger partial charge >= 0.3 is 6.09 Å². The first-order chi connectivity index (χ1) is 6.66. The number of carboxylic acid groups (broad SMARTS) is 1. The van der Waals surface area contributed by atoms with E-state index in [0.29, 0.717) is 11.3 Å². The highest BCUT2D eigenvalue weighted by Gasteiger charge is 2.22. The van der Waals surface area contributed by atoms with E-state index < -0.39 is 6.09 Å². The summed E-state index contributed by atoms with van der Waals surface area (Å²) in [6.07, 6.45) is 0.964. The summed E-state index contributed by atoms with van der Waals surface area (Å²) < 4.78 is 0. The Hall–Kier alpha value is -1.43. The number of aryl methyl sites for hydroxylation is 1. The molecule has 5 nitrogen and oxygen atoms in total. The number of anilines is 1. The first-order valence-corrected chi connectivity index (χ1v) is 5.01. The second-order valence-electron chi connectivity index (χ2n) is 3.00. The molecule has 1 aromatic rings. The average molecular weight is 212 g/mol. The number of carbonyl (C=O) groups is 2. The number of nitrogens with zero attached hydrogens (tertiary/aromatic N) is 1. The summed E-state index contributed by atoms with van der Waals surface area (Å²) in [5.41, 5.74) is 0.731. The SMILES string of the molecule is O=C(O)Nc1nc2c(s1)C(=O)CCC2. The zero-order chi connectivity index (χ0) is 10.1. The Labute approximate surface area is 83.8 Å². The Balaban J connectivity index is 2.30. The Morgan fingerprint density at radius 3 is 2.93 bits per heavy atom. The van der Waals surface area contributed by atoms with Gasteiger partial charge in [0.25, 0.3) is 0 Å². The van der Waals surface area contributed by atoms with E-state index in [4.69, 9.17) is 5.11 Å². The van der Waals surface area contributed by atoms with Crippen molar-refractivity contribution in [2.45, 2.75) is 19.3 Å². The van der Waals surface area contributed by atoms with E-state index in [0.717, 1.165) is 29.9 Å². The molecule has 0 saturated carbocycles. The summed E-state index contributed by atoms with van der Waals surface area (Å²) in [6.45, 7) is 0. The van der Waals surface area contributed by atoms with Crippen molar-refractivity contribution >= 4 is 28.3 Å². The summed E-state index contributed by atoms with van der Waals surface area (Å²) in [4.78, 5) is 26.4. The van der Waals surface area contributed by atoms with Crippen LogP contribution in [0.1, 0.15) is 28.2 Å². The van der Waals surface area contributed by atoms with Gasteiger partial charge in [0.1, 0.15) is 0 Å². The van der Waals surface area contributed by atoms with Crippen LogP contribution in [-0.4, -0.2) is 22.0 Å². The minimum absolute atomic E-state index is 0.0715. The number of thiazole rings is 1. The van der Waals surface area contributed by atoms with Gasteiger partial charge in [-0.1, -0.05) is 11.3 Å². The molecule has 0 fully saturated rings. The molecule has 0 aromatic carbocycles. The third kappa shape index (κ3) is 1.60. The van der Waals surface area contributed by atoms with E-state index in [2.05, 4.69) is 10.3 Å². The van der Waals surface area contributed by atoms with Gasteiger partial charge in [0, 0.05) is 6.42 Å². The van der Waals surface area contributed by atoms with Crippen molar-refractivity contribution in [2.75, 3.05) is 5.32 Å². The number of amides is 1. The minimum Gasteiger partial charge on any atom is -0.465 e. The largest absolute Gasteiger partial charge is 0.465 e. The number of ketones is 1. The van der Waals surface area contributed by atoms with Crippen molar-refractivity contribution in [3.63, 3.8) is 0 Å². The monoisotopic (exact) mass is 212 g/mol. The van der Waals surface area contributed by atoms with Crippen LogP contribution in [0.5, 0.6) is 0 Å². The second kappa shape index (κ2) is 3.38. The molecule has 2 N–H and O–H groups in total. The molecule has 0 atom stereocenters. The van der Waals surface area contributed by atoms with Crippen molar-refractivity contribution in [1.29, 1.82) is 0 Å². The number of rotatable bonds is 1. The molecule has 14 heavy (non-hydrogen) atoms. The molecule has 1 amide bonds. The standard InChI is InChI=1S/C8H8N2O3S/c11-5-3-1-2-4-6(5)14-7(9-4)10-8(12)13/h1-3H2,(H,9,10)(H,12,13). The number of hydrogen-bond donors (Lipinski definition) is 2. The zero-order valence-corrected chi connectivity index (χ0v) is 8.06. The van der Waals surface area contributed by atoms with Crippen molar-refractivity contribution in [2.24, 2.45) is 0 Å². The fourth-order valence-electron chi connectivity index (χ4n) is 1.41. The van der Waals surface area contributed by atoms with Crippen LogP contribution in [0.2, 0.25) is 0 Å². The Kier molecular flexibility index (Phi) is 2.20. The topological polar surface area (TPSA) is 79.3 Å². The Morgan fingerprint density at radius 2 is 2.29 bits per heavy atom. The summed E-state index contributed by atoms with van der Waals surface area (Å²) in [5.74, 6) is 0.0715. The van der Waals surface area contributed by atoms with Gasteiger partial charge in [-0.25, -0.2) is 9.78 Å². The fourth-order valence-corrected chi connectivity index (χ4v) is 2.38. The quantitative estimate of drug-likeness (QED) is 0.743. The molecule has 1 aliphatic carbocycles. The third-order valence-electron chi connectivity index (χ3n) is 1.98. The molecule has 0 bridgehead atoms. The number of nitrogens with one attached hydrogen (secondary N) is 1. The van der Waals surface area contributed by atoms with Crippen molar-refractivity contribution in [3.8, 4) is 0 Å². The lowest BCUT2D eigenvalue weighted by Gasteiger charge is -2.05. The highest BCUT2D eigenvalue weighted by atomic mass is 32.1. The van der Waals surface area contributed by atoms with E-state index >= 15 is 0 Å². The van der Waals surface area contributed by atoms with Crippen LogP contribution in [0.15, 0.2) is 0 Å². The Bertz CT molecular complexity index is 399. The maximum atomic E-state index is 11.4. The molecule has 1 heterocycles. The van der Waals surface area contributed by atoms with Gasteiger partial charge in [0.05, 0.1) is 10.6 Å². The van der Waals surface area contributed by atoms with Crippen molar-refractivity contribution in [1.82, 2.24) is 4.98 Å². The number of carbonyl (C=O) groups excluding carboxylic acids is 1. The van der Waals surface area contributed by atoms with Crippen LogP contribution >= 0.6 is 11.3 Å². The van der Waals surface area contributed by atoms with Gasteiger partial charge in [-0.05, 0) is 12.8 Å². The van der Waals surface area contributed by atoms with Crippen LogP contribution in [0.25, 0.3) is 0 Å².